The molecule has 2 rings (SSSR count). The molecule has 0 amide bonds. The molecule has 0 fully saturated rings. The van der Waals surface area contributed by atoms with Crippen molar-refractivity contribution >= 4 is 17.4 Å². The van der Waals surface area contributed by atoms with Gasteiger partial charge in [-0.25, -0.2) is 9.97 Å². The van der Waals surface area contributed by atoms with Gasteiger partial charge >= 0.3 is 0 Å². The van der Waals surface area contributed by atoms with Gasteiger partial charge in [-0.15, -0.1) is 0 Å². The van der Waals surface area contributed by atoms with Crippen LogP contribution in [-0.4, -0.2) is 19.7 Å². The summed E-state index contributed by atoms with van der Waals surface area (Å²) in [6.07, 6.45) is 3.26. The molecule has 0 unspecified atom stereocenters. The van der Waals surface area contributed by atoms with Gasteiger partial charge in [0.25, 0.3) is 0 Å². The monoisotopic (exact) mass is 223 g/mol. The van der Waals surface area contributed by atoms with Crippen LogP contribution in [0.1, 0.15) is 5.69 Å². The first kappa shape index (κ1) is 9.92. The fourth-order valence-electron chi connectivity index (χ4n) is 1.41. The van der Waals surface area contributed by atoms with Gasteiger partial charge in [0.15, 0.2) is 0 Å². The smallest absolute Gasteiger partial charge is 0.150 e. The van der Waals surface area contributed by atoms with Crippen LogP contribution >= 0.6 is 11.6 Å². The standard InChI is InChI=1S/C9H10ClN5/c1-5-6(4-15(2)14-5)8-9(11)12-3-7(10)13-8/h3-4H,1-2H3,(H2,11,12). The number of hydrogen-bond acceptors (Lipinski definition) is 4. The van der Waals surface area contributed by atoms with Crippen LogP contribution in [0.25, 0.3) is 11.3 Å². The largest absolute Gasteiger partial charge is 0.382 e. The van der Waals surface area contributed by atoms with Gasteiger partial charge in [0.2, 0.25) is 0 Å². The summed E-state index contributed by atoms with van der Waals surface area (Å²) in [6.45, 7) is 1.89. The maximum Gasteiger partial charge on any atom is 0.150 e. The Bertz CT molecular complexity index is 505. The SMILES string of the molecule is Cc1nn(C)cc1-c1nc(Cl)cnc1N. The van der Waals surface area contributed by atoms with E-state index in [1.54, 1.807) is 4.68 Å². The molecule has 2 heterocycles. The molecule has 0 aliphatic heterocycles. The van der Waals surface area contributed by atoms with E-state index in [-0.39, 0.29) is 0 Å². The molecule has 2 aromatic rings. The third-order valence-corrected chi connectivity index (χ3v) is 2.22. The number of nitrogens with two attached hydrogens (primary N) is 1. The zero-order chi connectivity index (χ0) is 11.0. The summed E-state index contributed by atoms with van der Waals surface area (Å²) in [5.74, 6) is 0.357. The van der Waals surface area contributed by atoms with Crippen LogP contribution in [0.2, 0.25) is 5.15 Å². The van der Waals surface area contributed by atoms with Crippen LogP contribution in [0.4, 0.5) is 5.82 Å². The Morgan fingerprint density at radius 3 is 2.80 bits per heavy atom. The molecule has 78 valence electrons. The van der Waals surface area contributed by atoms with Gasteiger partial charge in [-0.05, 0) is 6.92 Å². The van der Waals surface area contributed by atoms with Crippen LogP contribution in [0.3, 0.4) is 0 Å². The highest BCUT2D eigenvalue weighted by atomic mass is 35.5. The van der Waals surface area contributed by atoms with Crippen LogP contribution in [-0.2, 0) is 7.05 Å². The van der Waals surface area contributed by atoms with E-state index in [0.717, 1.165) is 11.3 Å². The van der Waals surface area contributed by atoms with E-state index in [9.17, 15) is 0 Å². The summed E-state index contributed by atoms with van der Waals surface area (Å²) >= 11 is 5.77. The van der Waals surface area contributed by atoms with Crippen molar-refractivity contribution in [3.8, 4) is 11.3 Å². The van der Waals surface area contributed by atoms with Crippen LogP contribution in [0.15, 0.2) is 12.4 Å². The van der Waals surface area contributed by atoms with Gasteiger partial charge < -0.3 is 5.73 Å². The zero-order valence-corrected chi connectivity index (χ0v) is 9.15. The zero-order valence-electron chi connectivity index (χ0n) is 8.40. The van der Waals surface area contributed by atoms with E-state index in [0.29, 0.717) is 16.7 Å². The van der Waals surface area contributed by atoms with Crippen molar-refractivity contribution in [3.63, 3.8) is 0 Å². The molecule has 0 radical (unpaired) electrons. The van der Waals surface area contributed by atoms with E-state index < -0.39 is 0 Å². The van der Waals surface area contributed by atoms with Crippen molar-refractivity contribution in [2.75, 3.05) is 5.73 Å². The number of nitrogen functional groups attached to an aromatic ring is 1. The summed E-state index contributed by atoms with van der Waals surface area (Å²) in [5.41, 5.74) is 8.01. The molecular formula is C9H10ClN5. The van der Waals surface area contributed by atoms with Crippen molar-refractivity contribution in [3.05, 3.63) is 23.2 Å². The van der Waals surface area contributed by atoms with Crippen molar-refractivity contribution in [1.29, 1.82) is 0 Å². The summed E-state index contributed by atoms with van der Waals surface area (Å²) in [5, 5.41) is 4.53. The number of rotatable bonds is 1. The minimum atomic E-state index is 0.322. The lowest BCUT2D eigenvalue weighted by Gasteiger charge is -2.01. The fraction of sp³-hybridized carbons (Fsp3) is 0.222. The highest BCUT2D eigenvalue weighted by Crippen LogP contribution is 2.25. The van der Waals surface area contributed by atoms with E-state index in [1.807, 2.05) is 20.2 Å². The summed E-state index contributed by atoms with van der Waals surface area (Å²) in [7, 11) is 1.84. The fourth-order valence-corrected chi connectivity index (χ4v) is 1.54. The number of aryl methyl sites for hydroxylation is 2. The first-order valence-electron chi connectivity index (χ1n) is 4.36. The van der Waals surface area contributed by atoms with Gasteiger partial charge in [-0.3, -0.25) is 4.68 Å². The van der Waals surface area contributed by atoms with Crippen molar-refractivity contribution < 1.29 is 0 Å². The van der Waals surface area contributed by atoms with E-state index in [2.05, 4.69) is 15.1 Å². The summed E-state index contributed by atoms with van der Waals surface area (Å²) in [6, 6.07) is 0. The molecule has 0 aromatic carbocycles. The quantitative estimate of drug-likeness (QED) is 0.794. The Morgan fingerprint density at radius 1 is 1.47 bits per heavy atom. The van der Waals surface area contributed by atoms with Gasteiger partial charge in [0, 0.05) is 18.8 Å². The Morgan fingerprint density at radius 2 is 2.20 bits per heavy atom. The van der Waals surface area contributed by atoms with Crippen molar-refractivity contribution in [2.24, 2.45) is 7.05 Å². The second-order valence-corrected chi connectivity index (χ2v) is 3.62. The maximum atomic E-state index is 5.77. The molecule has 2 aromatic heterocycles. The predicted octanol–water partition coefficient (Wildman–Crippen LogP) is 1.42. The number of aromatic nitrogens is 4. The third-order valence-electron chi connectivity index (χ3n) is 2.04. The van der Waals surface area contributed by atoms with E-state index >= 15 is 0 Å². The highest BCUT2D eigenvalue weighted by molar-refractivity contribution is 6.29. The molecule has 0 saturated heterocycles. The number of anilines is 1. The molecule has 5 nitrogen and oxygen atoms in total. The van der Waals surface area contributed by atoms with Gasteiger partial charge in [-0.2, -0.15) is 5.10 Å². The molecule has 0 aliphatic rings. The number of nitrogens with zero attached hydrogens (tertiary/aromatic N) is 4. The average Bonchev–Trinajstić information content (AvgIpc) is 2.50. The summed E-state index contributed by atoms with van der Waals surface area (Å²) in [4.78, 5) is 8.09. The molecule has 15 heavy (non-hydrogen) atoms. The minimum Gasteiger partial charge on any atom is -0.382 e. The number of hydrogen-bond donors (Lipinski definition) is 1. The van der Waals surface area contributed by atoms with Crippen LogP contribution in [0, 0.1) is 6.92 Å². The Labute approximate surface area is 91.9 Å². The molecule has 0 atom stereocenters. The lowest BCUT2D eigenvalue weighted by Crippen LogP contribution is -1.97. The molecule has 0 bridgehead atoms. The lowest BCUT2D eigenvalue weighted by atomic mass is 10.2. The molecule has 0 aliphatic carbocycles. The first-order chi connectivity index (χ1) is 7.08. The topological polar surface area (TPSA) is 69.6 Å². The van der Waals surface area contributed by atoms with E-state index in [4.69, 9.17) is 17.3 Å². The first-order valence-corrected chi connectivity index (χ1v) is 4.74. The minimum absolute atomic E-state index is 0.322. The molecule has 6 heteroatoms. The molecule has 0 spiro atoms. The lowest BCUT2D eigenvalue weighted by molar-refractivity contribution is 0.756. The second-order valence-electron chi connectivity index (χ2n) is 3.23. The Hall–Kier alpha value is -1.62. The number of halogens is 1. The molecular weight excluding hydrogens is 214 g/mol. The summed E-state index contributed by atoms with van der Waals surface area (Å²) < 4.78 is 1.70. The second kappa shape index (κ2) is 3.51. The Kier molecular flexibility index (Phi) is 2.32. The Balaban J connectivity index is 2.62. The highest BCUT2D eigenvalue weighted by Gasteiger charge is 2.12. The van der Waals surface area contributed by atoms with Gasteiger partial charge in [-0.1, -0.05) is 11.6 Å². The van der Waals surface area contributed by atoms with E-state index in [1.165, 1.54) is 6.20 Å². The molecule has 0 saturated carbocycles. The predicted molar refractivity (Wildman–Crippen MR) is 58.4 cm³/mol. The maximum absolute atomic E-state index is 5.77. The normalized spacial score (nSPS) is 10.6. The van der Waals surface area contributed by atoms with Gasteiger partial charge in [0.05, 0.1) is 11.9 Å². The third kappa shape index (κ3) is 1.78. The molecule has 2 N–H and O–H groups in total. The van der Waals surface area contributed by atoms with Crippen molar-refractivity contribution in [1.82, 2.24) is 19.7 Å². The average molecular weight is 224 g/mol. The van der Waals surface area contributed by atoms with Gasteiger partial charge in [0.1, 0.15) is 16.7 Å². The van der Waals surface area contributed by atoms with Crippen molar-refractivity contribution in [2.45, 2.75) is 6.92 Å². The van der Waals surface area contributed by atoms with Crippen LogP contribution in [0.5, 0.6) is 0 Å². The van der Waals surface area contributed by atoms with Crippen LogP contribution < -0.4 is 5.73 Å².